The number of aliphatic hydroxyl groups is 2. The van der Waals surface area contributed by atoms with E-state index in [1.807, 2.05) is 32.0 Å². The Morgan fingerprint density at radius 3 is 2.33 bits per heavy atom. The number of benzene rings is 1. The fourth-order valence-electron chi connectivity index (χ4n) is 2.07. The van der Waals surface area contributed by atoms with Crippen LogP contribution in [0.1, 0.15) is 25.8 Å². The van der Waals surface area contributed by atoms with Gasteiger partial charge in [0.15, 0.2) is 0 Å². The maximum Gasteiger partial charge on any atom is 0.0650 e. The molecular weight excluding hydrogens is 224 g/mol. The molecule has 4 atom stereocenters. The summed E-state index contributed by atoms with van der Waals surface area (Å²) in [7, 11) is 0. The average Bonchev–Trinajstić information content (AvgIpc) is 2.43. The van der Waals surface area contributed by atoms with E-state index < -0.39 is 12.2 Å². The fourth-order valence-corrected chi connectivity index (χ4v) is 2.07. The molecule has 1 rings (SSSR count). The standard InChI is InChI=1S/C16H24O2/c1-4-12(2)16(18)13(3)15(17)11-10-14-8-6-5-7-9-14/h4-9,12-13,15-18H,1,10-11H2,2-3H3/t12-,13+,15-,16-/m1/s1. The number of rotatable bonds is 7. The maximum atomic E-state index is 10.1. The molecule has 0 aliphatic carbocycles. The predicted molar refractivity (Wildman–Crippen MR) is 75.3 cm³/mol. The Balaban J connectivity index is 2.45. The van der Waals surface area contributed by atoms with Crippen molar-refractivity contribution in [3.8, 4) is 0 Å². The third kappa shape index (κ3) is 4.28. The van der Waals surface area contributed by atoms with Gasteiger partial charge in [-0.3, -0.25) is 0 Å². The molecule has 0 unspecified atom stereocenters. The van der Waals surface area contributed by atoms with E-state index in [0.717, 1.165) is 6.42 Å². The van der Waals surface area contributed by atoms with Gasteiger partial charge >= 0.3 is 0 Å². The molecule has 1 aromatic carbocycles. The summed E-state index contributed by atoms with van der Waals surface area (Å²) in [6.07, 6.45) is 2.22. The second-order valence-electron chi connectivity index (χ2n) is 5.04. The molecule has 0 radical (unpaired) electrons. The molecule has 0 fully saturated rings. The smallest absolute Gasteiger partial charge is 0.0650 e. The van der Waals surface area contributed by atoms with Crippen LogP contribution in [-0.4, -0.2) is 22.4 Å². The van der Waals surface area contributed by atoms with Crippen molar-refractivity contribution in [3.63, 3.8) is 0 Å². The molecule has 0 saturated heterocycles. The zero-order valence-corrected chi connectivity index (χ0v) is 11.3. The Bertz CT molecular complexity index is 347. The highest BCUT2D eigenvalue weighted by Crippen LogP contribution is 2.20. The van der Waals surface area contributed by atoms with Crippen LogP contribution >= 0.6 is 0 Å². The minimum atomic E-state index is -0.534. The maximum absolute atomic E-state index is 10.1. The largest absolute Gasteiger partial charge is 0.393 e. The van der Waals surface area contributed by atoms with Crippen molar-refractivity contribution >= 4 is 0 Å². The summed E-state index contributed by atoms with van der Waals surface area (Å²) >= 11 is 0. The molecule has 0 spiro atoms. The number of aliphatic hydroxyl groups excluding tert-OH is 2. The lowest BCUT2D eigenvalue weighted by Crippen LogP contribution is -2.33. The molecule has 0 aliphatic rings. The van der Waals surface area contributed by atoms with Gasteiger partial charge in [-0.1, -0.05) is 50.3 Å². The van der Waals surface area contributed by atoms with Crippen molar-refractivity contribution in [1.82, 2.24) is 0 Å². The minimum Gasteiger partial charge on any atom is -0.393 e. The van der Waals surface area contributed by atoms with Crippen molar-refractivity contribution in [3.05, 3.63) is 48.6 Å². The lowest BCUT2D eigenvalue weighted by molar-refractivity contribution is 0.000831. The van der Waals surface area contributed by atoms with Gasteiger partial charge in [0, 0.05) is 11.8 Å². The van der Waals surface area contributed by atoms with Gasteiger partial charge in [-0.2, -0.15) is 0 Å². The molecule has 0 bridgehead atoms. The Morgan fingerprint density at radius 1 is 1.17 bits per heavy atom. The molecule has 0 aromatic heterocycles. The first kappa shape index (κ1) is 14.9. The zero-order chi connectivity index (χ0) is 13.5. The second kappa shape index (κ2) is 7.34. The van der Waals surface area contributed by atoms with E-state index in [1.165, 1.54) is 5.56 Å². The van der Waals surface area contributed by atoms with Gasteiger partial charge in [0.25, 0.3) is 0 Å². The summed E-state index contributed by atoms with van der Waals surface area (Å²) in [5, 5.41) is 20.1. The average molecular weight is 248 g/mol. The molecule has 18 heavy (non-hydrogen) atoms. The molecule has 100 valence electrons. The first-order valence-corrected chi connectivity index (χ1v) is 6.59. The molecule has 0 aliphatic heterocycles. The van der Waals surface area contributed by atoms with Crippen LogP contribution in [-0.2, 0) is 6.42 Å². The van der Waals surface area contributed by atoms with Crippen molar-refractivity contribution in [2.75, 3.05) is 0 Å². The number of hydrogen-bond acceptors (Lipinski definition) is 2. The topological polar surface area (TPSA) is 40.5 Å². The quantitative estimate of drug-likeness (QED) is 0.728. The van der Waals surface area contributed by atoms with Crippen LogP contribution in [0.2, 0.25) is 0 Å². The van der Waals surface area contributed by atoms with E-state index in [-0.39, 0.29) is 11.8 Å². The van der Waals surface area contributed by atoms with E-state index in [1.54, 1.807) is 6.08 Å². The van der Waals surface area contributed by atoms with Gasteiger partial charge in [0.05, 0.1) is 12.2 Å². The summed E-state index contributed by atoms with van der Waals surface area (Å²) in [5.41, 5.74) is 1.22. The Morgan fingerprint density at radius 2 is 1.78 bits per heavy atom. The highest BCUT2D eigenvalue weighted by atomic mass is 16.3. The van der Waals surface area contributed by atoms with E-state index in [0.29, 0.717) is 6.42 Å². The first-order valence-electron chi connectivity index (χ1n) is 6.59. The molecule has 1 aromatic rings. The number of hydrogen-bond donors (Lipinski definition) is 2. The third-order valence-electron chi connectivity index (χ3n) is 3.63. The van der Waals surface area contributed by atoms with Gasteiger partial charge in [-0.15, -0.1) is 6.58 Å². The van der Waals surface area contributed by atoms with Crippen LogP contribution in [0.4, 0.5) is 0 Å². The highest BCUT2D eigenvalue weighted by molar-refractivity contribution is 5.14. The van der Waals surface area contributed by atoms with Gasteiger partial charge < -0.3 is 10.2 Å². The third-order valence-corrected chi connectivity index (χ3v) is 3.63. The monoisotopic (exact) mass is 248 g/mol. The molecule has 0 heterocycles. The van der Waals surface area contributed by atoms with Crippen LogP contribution < -0.4 is 0 Å². The summed E-state index contributed by atoms with van der Waals surface area (Å²) < 4.78 is 0. The Hall–Kier alpha value is -1.12. The molecule has 0 amide bonds. The second-order valence-corrected chi connectivity index (χ2v) is 5.04. The highest BCUT2D eigenvalue weighted by Gasteiger charge is 2.25. The van der Waals surface area contributed by atoms with Gasteiger partial charge in [-0.05, 0) is 18.4 Å². The Kier molecular flexibility index (Phi) is 6.10. The van der Waals surface area contributed by atoms with Gasteiger partial charge in [0.1, 0.15) is 0 Å². The van der Waals surface area contributed by atoms with Gasteiger partial charge in [-0.25, -0.2) is 0 Å². The molecule has 2 heteroatoms. The van der Waals surface area contributed by atoms with E-state index in [2.05, 4.69) is 18.7 Å². The van der Waals surface area contributed by atoms with Crippen LogP contribution in [0, 0.1) is 11.8 Å². The van der Waals surface area contributed by atoms with Crippen LogP contribution in [0.3, 0.4) is 0 Å². The van der Waals surface area contributed by atoms with Crippen molar-refractivity contribution < 1.29 is 10.2 Å². The molecular formula is C16H24O2. The predicted octanol–water partition coefficient (Wildman–Crippen LogP) is 2.80. The van der Waals surface area contributed by atoms with Crippen molar-refractivity contribution in [2.45, 2.75) is 38.9 Å². The first-order chi connectivity index (χ1) is 8.56. The van der Waals surface area contributed by atoms with Crippen molar-refractivity contribution in [2.24, 2.45) is 11.8 Å². The number of aryl methyl sites for hydroxylation is 1. The lowest BCUT2D eigenvalue weighted by Gasteiger charge is -2.27. The Labute approximate surface area is 110 Å². The summed E-state index contributed by atoms with van der Waals surface area (Å²) in [4.78, 5) is 0. The summed E-state index contributed by atoms with van der Waals surface area (Å²) in [6, 6.07) is 10.1. The normalized spacial score (nSPS) is 17.8. The zero-order valence-electron chi connectivity index (χ0n) is 11.3. The van der Waals surface area contributed by atoms with E-state index >= 15 is 0 Å². The SMILES string of the molecule is C=C[C@@H](C)[C@@H](O)[C@@H](C)[C@H](O)CCc1ccccc1. The minimum absolute atomic E-state index is 0.00590. The van der Waals surface area contributed by atoms with Crippen molar-refractivity contribution in [1.29, 1.82) is 0 Å². The fraction of sp³-hybridized carbons (Fsp3) is 0.500. The van der Waals surface area contributed by atoms with Gasteiger partial charge in [0.2, 0.25) is 0 Å². The van der Waals surface area contributed by atoms with E-state index in [9.17, 15) is 10.2 Å². The van der Waals surface area contributed by atoms with E-state index in [4.69, 9.17) is 0 Å². The lowest BCUT2D eigenvalue weighted by atomic mass is 9.87. The summed E-state index contributed by atoms with van der Waals surface area (Å²) in [5.74, 6) is -0.131. The van der Waals surface area contributed by atoms with Crippen LogP contribution in [0.15, 0.2) is 43.0 Å². The van der Waals surface area contributed by atoms with Crippen LogP contribution in [0.5, 0.6) is 0 Å². The molecule has 0 saturated carbocycles. The molecule has 2 N–H and O–H groups in total. The summed E-state index contributed by atoms with van der Waals surface area (Å²) in [6.45, 7) is 7.48. The molecule has 2 nitrogen and oxygen atoms in total. The van der Waals surface area contributed by atoms with Crippen LogP contribution in [0.25, 0.3) is 0 Å².